The van der Waals surface area contributed by atoms with Crippen LogP contribution in [-0.4, -0.2) is 36.5 Å². The number of rotatable bonds is 8. The molecule has 3 nitrogen and oxygen atoms in total. The molecule has 4 heteroatoms. The summed E-state index contributed by atoms with van der Waals surface area (Å²) in [6.45, 7) is 11.7. The van der Waals surface area contributed by atoms with Gasteiger partial charge in [0.2, 0.25) is 0 Å². The van der Waals surface area contributed by atoms with Crippen LogP contribution in [0, 0.1) is 6.92 Å². The average Bonchev–Trinajstić information content (AvgIpc) is 2.46. The van der Waals surface area contributed by atoms with E-state index < -0.39 is 0 Å². The molecule has 118 valence electrons. The van der Waals surface area contributed by atoms with Gasteiger partial charge in [-0.15, -0.1) is 0 Å². The summed E-state index contributed by atoms with van der Waals surface area (Å²) in [5.41, 5.74) is 1.74. The molecule has 1 rings (SSSR count). The highest BCUT2D eigenvalue weighted by molar-refractivity contribution is 9.10. The molecule has 0 spiro atoms. The van der Waals surface area contributed by atoms with E-state index >= 15 is 0 Å². The van der Waals surface area contributed by atoms with Crippen LogP contribution in [0.4, 0.5) is 0 Å². The average molecular weight is 355 g/mol. The van der Waals surface area contributed by atoms with Crippen molar-refractivity contribution in [2.75, 3.05) is 19.6 Å². The maximum atomic E-state index is 12.3. The summed E-state index contributed by atoms with van der Waals surface area (Å²) < 4.78 is 0.976. The summed E-state index contributed by atoms with van der Waals surface area (Å²) in [5.74, 6) is 0.0177. The van der Waals surface area contributed by atoms with Gasteiger partial charge in [-0.25, -0.2) is 0 Å². The van der Waals surface area contributed by atoms with Gasteiger partial charge in [-0.1, -0.05) is 35.8 Å². The molecule has 0 aromatic heterocycles. The van der Waals surface area contributed by atoms with E-state index in [2.05, 4.69) is 46.9 Å². The third kappa shape index (κ3) is 5.79. The summed E-state index contributed by atoms with van der Waals surface area (Å²) in [7, 11) is 0. The van der Waals surface area contributed by atoms with Gasteiger partial charge in [-0.3, -0.25) is 4.79 Å². The third-order valence-corrected chi connectivity index (χ3v) is 4.75. The summed E-state index contributed by atoms with van der Waals surface area (Å²) >= 11 is 3.47. The van der Waals surface area contributed by atoms with E-state index in [1.54, 1.807) is 0 Å². The van der Waals surface area contributed by atoms with E-state index in [0.717, 1.165) is 48.1 Å². The van der Waals surface area contributed by atoms with Crippen molar-refractivity contribution in [2.24, 2.45) is 0 Å². The number of carbonyl (C=O) groups is 1. The minimum atomic E-state index is 0.0177. The van der Waals surface area contributed by atoms with Crippen molar-refractivity contribution in [2.45, 2.75) is 46.6 Å². The van der Waals surface area contributed by atoms with Gasteiger partial charge in [0.05, 0.1) is 0 Å². The van der Waals surface area contributed by atoms with Crippen LogP contribution in [0.5, 0.6) is 0 Å². The van der Waals surface area contributed by atoms with Gasteiger partial charge in [0, 0.05) is 16.1 Å². The molecule has 21 heavy (non-hydrogen) atoms. The van der Waals surface area contributed by atoms with Crippen molar-refractivity contribution in [3.8, 4) is 0 Å². The van der Waals surface area contributed by atoms with Crippen LogP contribution in [0.1, 0.15) is 49.5 Å². The smallest absolute Gasteiger partial charge is 0.251 e. The molecule has 0 radical (unpaired) electrons. The molecule has 0 aliphatic rings. The van der Waals surface area contributed by atoms with Crippen LogP contribution in [0.2, 0.25) is 0 Å². The Morgan fingerprint density at radius 2 is 2.00 bits per heavy atom. The molecule has 1 N–H and O–H groups in total. The minimum Gasteiger partial charge on any atom is -0.350 e. The molecular formula is C17H27BrN2O. The number of carbonyl (C=O) groups excluding carboxylic acids is 1. The van der Waals surface area contributed by atoms with Gasteiger partial charge >= 0.3 is 0 Å². The largest absolute Gasteiger partial charge is 0.350 e. The van der Waals surface area contributed by atoms with Crippen molar-refractivity contribution in [1.82, 2.24) is 10.2 Å². The summed E-state index contributed by atoms with van der Waals surface area (Å²) in [5, 5.41) is 3.10. The van der Waals surface area contributed by atoms with Gasteiger partial charge < -0.3 is 10.2 Å². The number of hydrogen-bond donors (Lipinski definition) is 1. The second-order valence-corrected chi connectivity index (χ2v) is 6.31. The highest BCUT2D eigenvalue weighted by atomic mass is 79.9. The number of amides is 1. The van der Waals surface area contributed by atoms with Crippen LogP contribution in [-0.2, 0) is 0 Å². The van der Waals surface area contributed by atoms with Gasteiger partial charge in [0.1, 0.15) is 0 Å². The van der Waals surface area contributed by atoms with Crippen LogP contribution in [0.25, 0.3) is 0 Å². The predicted molar refractivity (Wildman–Crippen MR) is 92.8 cm³/mol. The number of nitrogens with zero attached hydrogens (tertiary/aromatic N) is 1. The molecule has 0 bridgehead atoms. The molecule has 1 aromatic rings. The molecule has 1 unspecified atom stereocenters. The summed E-state index contributed by atoms with van der Waals surface area (Å²) in [6, 6.07) is 5.93. The van der Waals surface area contributed by atoms with Crippen molar-refractivity contribution in [1.29, 1.82) is 0 Å². The van der Waals surface area contributed by atoms with Crippen LogP contribution in [0.3, 0.4) is 0 Å². The first-order valence-corrected chi connectivity index (χ1v) is 8.57. The maximum Gasteiger partial charge on any atom is 0.251 e. The molecule has 0 saturated carbocycles. The summed E-state index contributed by atoms with van der Waals surface area (Å²) in [6.07, 6.45) is 2.12. The zero-order chi connectivity index (χ0) is 15.8. The first kappa shape index (κ1) is 18.2. The maximum absolute atomic E-state index is 12.3. The van der Waals surface area contributed by atoms with Crippen LogP contribution >= 0.6 is 15.9 Å². The third-order valence-electron chi connectivity index (χ3n) is 3.90. The van der Waals surface area contributed by atoms with E-state index in [-0.39, 0.29) is 11.9 Å². The number of halogens is 1. The number of benzene rings is 1. The second kappa shape index (κ2) is 9.21. The lowest BCUT2D eigenvalue weighted by Crippen LogP contribution is -2.34. The molecule has 0 heterocycles. The Bertz CT molecular complexity index is 458. The highest BCUT2D eigenvalue weighted by Gasteiger charge is 2.13. The van der Waals surface area contributed by atoms with E-state index in [1.165, 1.54) is 0 Å². The molecule has 0 aliphatic carbocycles. The monoisotopic (exact) mass is 354 g/mol. The fourth-order valence-corrected chi connectivity index (χ4v) is 2.75. The molecular weight excluding hydrogens is 328 g/mol. The number of nitrogens with one attached hydrogen (secondary N) is 1. The van der Waals surface area contributed by atoms with Crippen molar-refractivity contribution in [3.63, 3.8) is 0 Å². The topological polar surface area (TPSA) is 32.3 Å². The van der Waals surface area contributed by atoms with E-state index in [4.69, 9.17) is 0 Å². The predicted octanol–water partition coefficient (Wildman–Crippen LogP) is 4.00. The Kier molecular flexibility index (Phi) is 7.97. The fraction of sp³-hybridized carbons (Fsp3) is 0.588. The van der Waals surface area contributed by atoms with Crippen molar-refractivity contribution >= 4 is 21.8 Å². The molecule has 0 aliphatic heterocycles. The summed E-state index contributed by atoms with van der Waals surface area (Å²) in [4.78, 5) is 14.7. The van der Waals surface area contributed by atoms with E-state index in [0.29, 0.717) is 0 Å². The zero-order valence-electron chi connectivity index (χ0n) is 13.6. The first-order valence-electron chi connectivity index (χ1n) is 7.77. The zero-order valence-corrected chi connectivity index (χ0v) is 15.2. The Morgan fingerprint density at radius 1 is 1.33 bits per heavy atom. The standard InChI is InChI=1S/C17H27BrN2O/c1-5-20(6-2)12-8-9-13(3)19-17(21)15-10-7-11-16(18)14(15)4/h7,10-11,13H,5-6,8-9,12H2,1-4H3,(H,19,21). The van der Waals surface area contributed by atoms with E-state index in [1.807, 2.05) is 25.1 Å². The lowest BCUT2D eigenvalue weighted by Gasteiger charge is -2.20. The lowest BCUT2D eigenvalue weighted by molar-refractivity contribution is 0.0936. The van der Waals surface area contributed by atoms with Gasteiger partial charge in [-0.05, 0) is 64.0 Å². The van der Waals surface area contributed by atoms with E-state index in [9.17, 15) is 4.79 Å². The molecule has 1 amide bonds. The van der Waals surface area contributed by atoms with Gasteiger partial charge in [0.25, 0.3) is 5.91 Å². The Labute approximate surface area is 137 Å². The minimum absolute atomic E-state index is 0.0177. The molecule has 1 atom stereocenters. The van der Waals surface area contributed by atoms with Crippen LogP contribution < -0.4 is 5.32 Å². The Morgan fingerprint density at radius 3 is 2.62 bits per heavy atom. The fourth-order valence-electron chi connectivity index (χ4n) is 2.39. The first-order chi connectivity index (χ1) is 9.99. The highest BCUT2D eigenvalue weighted by Crippen LogP contribution is 2.19. The van der Waals surface area contributed by atoms with Crippen molar-refractivity contribution in [3.05, 3.63) is 33.8 Å². The molecule has 1 aromatic carbocycles. The Balaban J connectivity index is 2.45. The second-order valence-electron chi connectivity index (χ2n) is 5.46. The SMILES string of the molecule is CCN(CC)CCCC(C)NC(=O)c1cccc(Br)c1C. The van der Waals surface area contributed by atoms with Gasteiger partial charge in [-0.2, -0.15) is 0 Å². The Hall–Kier alpha value is -0.870. The quantitative estimate of drug-likeness (QED) is 0.765. The van der Waals surface area contributed by atoms with Crippen molar-refractivity contribution < 1.29 is 4.79 Å². The normalized spacial score (nSPS) is 12.5. The van der Waals surface area contributed by atoms with Crippen LogP contribution in [0.15, 0.2) is 22.7 Å². The molecule has 0 saturated heterocycles. The van der Waals surface area contributed by atoms with Gasteiger partial charge in [0.15, 0.2) is 0 Å². The molecule has 0 fully saturated rings. The number of hydrogen-bond acceptors (Lipinski definition) is 2. The lowest BCUT2D eigenvalue weighted by atomic mass is 10.1.